The van der Waals surface area contributed by atoms with E-state index in [4.69, 9.17) is 15.6 Å². The van der Waals surface area contributed by atoms with Gasteiger partial charge in [0.2, 0.25) is 0 Å². The van der Waals surface area contributed by atoms with Crippen LogP contribution in [0.4, 0.5) is 4.79 Å². The van der Waals surface area contributed by atoms with Crippen LogP contribution in [0.25, 0.3) is 0 Å². The lowest BCUT2D eigenvalue weighted by molar-refractivity contribution is 0.0160. The molecule has 5 nitrogen and oxygen atoms in total. The van der Waals surface area contributed by atoms with E-state index in [0.717, 1.165) is 38.8 Å². The van der Waals surface area contributed by atoms with E-state index in [1.807, 2.05) is 25.7 Å². The summed E-state index contributed by atoms with van der Waals surface area (Å²) >= 11 is 0. The Labute approximate surface area is 122 Å². The zero-order valence-electron chi connectivity index (χ0n) is 13.1. The van der Waals surface area contributed by atoms with Gasteiger partial charge in [0, 0.05) is 25.7 Å². The monoisotopic (exact) mass is 286 g/mol. The minimum atomic E-state index is -0.437. The van der Waals surface area contributed by atoms with Gasteiger partial charge < -0.3 is 20.5 Å². The first-order valence-corrected chi connectivity index (χ1v) is 7.66. The lowest BCUT2D eigenvalue weighted by atomic mass is 9.91. The first-order valence-electron chi connectivity index (χ1n) is 7.66. The van der Waals surface area contributed by atoms with Gasteiger partial charge in [-0.2, -0.15) is 0 Å². The van der Waals surface area contributed by atoms with Gasteiger partial charge in [-0.05, 0) is 58.8 Å². The van der Waals surface area contributed by atoms with Crippen LogP contribution in [0.2, 0.25) is 0 Å². The molecule has 0 aliphatic carbocycles. The molecule has 1 amide bonds. The molecule has 0 spiro atoms. The van der Waals surface area contributed by atoms with Gasteiger partial charge in [-0.1, -0.05) is 0 Å². The van der Waals surface area contributed by atoms with Crippen molar-refractivity contribution in [2.45, 2.75) is 64.5 Å². The van der Waals surface area contributed by atoms with Crippen molar-refractivity contribution in [3.63, 3.8) is 0 Å². The Morgan fingerprint density at radius 1 is 1.45 bits per heavy atom. The van der Waals surface area contributed by atoms with Crippen LogP contribution in [0.5, 0.6) is 0 Å². The number of likely N-dealkylation sites (tertiary alicyclic amines) is 1. The molecule has 1 heterocycles. The highest BCUT2D eigenvalue weighted by Gasteiger charge is 2.27. The fraction of sp³-hybridized carbons (Fsp3) is 0.933. The second-order valence-electron chi connectivity index (χ2n) is 6.78. The van der Waals surface area contributed by atoms with Crippen LogP contribution in [0, 0.1) is 5.92 Å². The summed E-state index contributed by atoms with van der Waals surface area (Å²) in [5.41, 5.74) is 5.48. The van der Waals surface area contributed by atoms with E-state index in [1.54, 1.807) is 0 Å². The maximum Gasteiger partial charge on any atom is 0.410 e. The molecule has 5 heteroatoms. The first kappa shape index (κ1) is 17.2. The standard InChI is InChI=1S/C15H30N2O3/c1-15(2,3)20-14(19)17-9-4-5-12(11-17)6-7-13(16)8-10-18/h12-13,18H,4-11,16H2,1-3H3. The van der Waals surface area contributed by atoms with Gasteiger partial charge in [0.15, 0.2) is 0 Å². The molecular formula is C15H30N2O3. The van der Waals surface area contributed by atoms with Crippen LogP contribution in [-0.4, -0.2) is 47.4 Å². The highest BCUT2D eigenvalue weighted by Crippen LogP contribution is 2.23. The van der Waals surface area contributed by atoms with Crippen molar-refractivity contribution in [2.75, 3.05) is 19.7 Å². The van der Waals surface area contributed by atoms with Gasteiger partial charge in [-0.3, -0.25) is 0 Å². The van der Waals surface area contributed by atoms with Crippen LogP contribution < -0.4 is 5.73 Å². The molecule has 1 rings (SSSR count). The molecule has 0 aromatic heterocycles. The third-order valence-electron chi connectivity index (χ3n) is 3.62. The lowest BCUT2D eigenvalue weighted by Gasteiger charge is -2.34. The Bertz CT molecular complexity index is 302. The van der Waals surface area contributed by atoms with Crippen LogP contribution in [0.3, 0.4) is 0 Å². The summed E-state index contributed by atoms with van der Waals surface area (Å²) in [7, 11) is 0. The third kappa shape index (κ3) is 6.57. The summed E-state index contributed by atoms with van der Waals surface area (Å²) in [6.07, 6.45) is 4.54. The number of nitrogens with zero attached hydrogens (tertiary/aromatic N) is 1. The molecule has 1 aliphatic rings. The number of hydrogen-bond donors (Lipinski definition) is 2. The number of aliphatic hydroxyl groups excluding tert-OH is 1. The molecule has 0 radical (unpaired) electrons. The third-order valence-corrected chi connectivity index (χ3v) is 3.62. The van der Waals surface area contributed by atoms with Gasteiger partial charge in [-0.25, -0.2) is 4.79 Å². The van der Waals surface area contributed by atoms with E-state index in [1.165, 1.54) is 0 Å². The molecule has 0 saturated carbocycles. The average molecular weight is 286 g/mol. The molecule has 1 saturated heterocycles. The summed E-state index contributed by atoms with van der Waals surface area (Å²) < 4.78 is 5.42. The number of hydrogen-bond acceptors (Lipinski definition) is 4. The molecule has 0 aromatic rings. The van der Waals surface area contributed by atoms with Crippen LogP contribution in [0.15, 0.2) is 0 Å². The Kier molecular flexibility index (Phi) is 6.76. The van der Waals surface area contributed by atoms with Crippen molar-refractivity contribution < 1.29 is 14.6 Å². The van der Waals surface area contributed by atoms with Gasteiger partial charge in [0.25, 0.3) is 0 Å². The van der Waals surface area contributed by atoms with E-state index in [-0.39, 0.29) is 18.7 Å². The number of aliphatic hydroxyl groups is 1. The molecule has 2 unspecified atom stereocenters. The smallest absolute Gasteiger partial charge is 0.410 e. The number of amides is 1. The molecule has 2 atom stereocenters. The Morgan fingerprint density at radius 2 is 2.15 bits per heavy atom. The van der Waals surface area contributed by atoms with Crippen molar-refractivity contribution in [1.82, 2.24) is 4.90 Å². The highest BCUT2D eigenvalue weighted by molar-refractivity contribution is 5.68. The Balaban J connectivity index is 2.36. The largest absolute Gasteiger partial charge is 0.444 e. The van der Waals surface area contributed by atoms with Crippen molar-refractivity contribution in [3.05, 3.63) is 0 Å². The van der Waals surface area contributed by atoms with Gasteiger partial charge in [0.1, 0.15) is 5.60 Å². The van der Waals surface area contributed by atoms with E-state index < -0.39 is 5.60 Å². The molecular weight excluding hydrogens is 256 g/mol. The zero-order chi connectivity index (χ0) is 15.2. The number of piperidine rings is 1. The number of carbonyl (C=O) groups is 1. The highest BCUT2D eigenvalue weighted by atomic mass is 16.6. The van der Waals surface area contributed by atoms with Crippen molar-refractivity contribution in [1.29, 1.82) is 0 Å². The molecule has 118 valence electrons. The molecule has 0 bridgehead atoms. The number of nitrogens with two attached hydrogens (primary N) is 1. The molecule has 3 N–H and O–H groups in total. The van der Waals surface area contributed by atoms with Crippen LogP contribution in [-0.2, 0) is 4.74 Å². The second kappa shape index (κ2) is 7.84. The Hall–Kier alpha value is -0.810. The molecule has 1 aliphatic heterocycles. The number of carbonyl (C=O) groups excluding carboxylic acids is 1. The number of ether oxygens (including phenoxy) is 1. The maximum absolute atomic E-state index is 12.0. The topological polar surface area (TPSA) is 75.8 Å². The molecule has 20 heavy (non-hydrogen) atoms. The second-order valence-corrected chi connectivity index (χ2v) is 6.78. The van der Waals surface area contributed by atoms with Crippen LogP contribution >= 0.6 is 0 Å². The predicted molar refractivity (Wildman–Crippen MR) is 79.4 cm³/mol. The maximum atomic E-state index is 12.0. The predicted octanol–water partition coefficient (Wildman–Crippen LogP) is 2.12. The summed E-state index contributed by atoms with van der Waals surface area (Å²) in [6, 6.07) is 0.0666. The van der Waals surface area contributed by atoms with Crippen molar-refractivity contribution in [3.8, 4) is 0 Å². The zero-order valence-corrected chi connectivity index (χ0v) is 13.1. The SMILES string of the molecule is CC(C)(C)OC(=O)N1CCCC(CCC(N)CCO)C1. The lowest BCUT2D eigenvalue weighted by Crippen LogP contribution is -2.43. The average Bonchev–Trinajstić information content (AvgIpc) is 2.35. The minimum absolute atomic E-state index is 0.0666. The van der Waals surface area contributed by atoms with Gasteiger partial charge >= 0.3 is 6.09 Å². The number of rotatable bonds is 5. The molecule has 1 fully saturated rings. The van der Waals surface area contributed by atoms with E-state index in [2.05, 4.69) is 0 Å². The van der Waals surface area contributed by atoms with Gasteiger partial charge in [-0.15, -0.1) is 0 Å². The van der Waals surface area contributed by atoms with Gasteiger partial charge in [0.05, 0.1) is 0 Å². The minimum Gasteiger partial charge on any atom is -0.444 e. The van der Waals surface area contributed by atoms with Crippen molar-refractivity contribution >= 4 is 6.09 Å². The normalized spacial score (nSPS) is 21.6. The molecule has 0 aromatic carbocycles. The fourth-order valence-corrected chi connectivity index (χ4v) is 2.55. The fourth-order valence-electron chi connectivity index (χ4n) is 2.55. The van der Waals surface area contributed by atoms with E-state index >= 15 is 0 Å². The summed E-state index contributed by atoms with van der Waals surface area (Å²) in [5.74, 6) is 0.501. The quantitative estimate of drug-likeness (QED) is 0.811. The van der Waals surface area contributed by atoms with Crippen molar-refractivity contribution in [2.24, 2.45) is 11.7 Å². The summed E-state index contributed by atoms with van der Waals surface area (Å²) in [6.45, 7) is 7.37. The first-order chi connectivity index (χ1) is 9.31. The summed E-state index contributed by atoms with van der Waals surface area (Å²) in [5, 5.41) is 8.85. The van der Waals surface area contributed by atoms with E-state index in [0.29, 0.717) is 12.3 Å². The Morgan fingerprint density at radius 3 is 2.75 bits per heavy atom. The van der Waals surface area contributed by atoms with Crippen LogP contribution in [0.1, 0.15) is 52.9 Å². The summed E-state index contributed by atoms with van der Waals surface area (Å²) in [4.78, 5) is 13.9. The van der Waals surface area contributed by atoms with E-state index in [9.17, 15) is 4.79 Å².